The third-order valence-electron chi connectivity index (χ3n) is 3.68. The summed E-state index contributed by atoms with van der Waals surface area (Å²) in [4.78, 5) is 4.52. The van der Waals surface area contributed by atoms with Crippen LogP contribution in [-0.4, -0.2) is 21.7 Å². The highest BCUT2D eigenvalue weighted by atomic mass is 79.9. The largest absolute Gasteiger partial charge is 0.496 e. The number of anilines is 1. The van der Waals surface area contributed by atoms with Gasteiger partial charge in [-0.1, -0.05) is 18.2 Å². The number of hydrogen-bond donors (Lipinski definition) is 1. The molecule has 0 aliphatic heterocycles. The zero-order valence-corrected chi connectivity index (χ0v) is 14.3. The van der Waals surface area contributed by atoms with Gasteiger partial charge in [0.05, 0.1) is 7.11 Å². The molecule has 0 unspecified atom stereocenters. The zero-order valence-electron chi connectivity index (χ0n) is 12.7. The van der Waals surface area contributed by atoms with Gasteiger partial charge in [-0.15, -0.1) is 5.10 Å². The fourth-order valence-electron chi connectivity index (χ4n) is 2.59. The topological polar surface area (TPSA) is 78.6 Å². The number of nitrogens with two attached hydrogens (primary N) is 1. The third kappa shape index (κ3) is 2.43. The first kappa shape index (κ1) is 14.8. The number of methoxy groups -OCH3 is 1. The van der Waals surface area contributed by atoms with Gasteiger partial charge < -0.3 is 14.9 Å². The van der Waals surface area contributed by atoms with Crippen molar-refractivity contribution in [3.63, 3.8) is 0 Å². The monoisotopic (exact) mass is 384 g/mol. The Hall–Kier alpha value is -2.80. The summed E-state index contributed by atoms with van der Waals surface area (Å²) in [6.07, 6.45) is 0. The second-order valence-corrected chi connectivity index (χ2v) is 5.96. The molecule has 0 spiro atoms. The van der Waals surface area contributed by atoms with Crippen LogP contribution in [-0.2, 0) is 0 Å². The number of aromatic nitrogens is 3. The fraction of sp³-hybridized carbons (Fsp3) is 0.0588. The molecule has 7 heteroatoms. The molecular formula is C17H13BrN4O2. The van der Waals surface area contributed by atoms with E-state index in [1.165, 1.54) is 0 Å². The highest BCUT2D eigenvalue weighted by Crippen LogP contribution is 2.32. The molecule has 0 saturated heterocycles. The molecule has 0 atom stereocenters. The van der Waals surface area contributed by atoms with Crippen LogP contribution in [0.1, 0.15) is 0 Å². The van der Waals surface area contributed by atoms with E-state index in [1.54, 1.807) is 23.8 Å². The lowest BCUT2D eigenvalue weighted by molar-refractivity contribution is 0.416. The van der Waals surface area contributed by atoms with E-state index in [4.69, 9.17) is 14.9 Å². The lowest BCUT2D eigenvalue weighted by Gasteiger charge is -2.09. The van der Waals surface area contributed by atoms with Gasteiger partial charge in [0, 0.05) is 5.56 Å². The van der Waals surface area contributed by atoms with Crippen LogP contribution in [0.15, 0.2) is 57.6 Å². The average Bonchev–Trinajstić information content (AvgIpc) is 3.21. The van der Waals surface area contributed by atoms with Gasteiger partial charge in [0.2, 0.25) is 5.82 Å². The van der Waals surface area contributed by atoms with Crippen LogP contribution < -0.4 is 10.5 Å². The number of fused-ring (bicyclic) bond motifs is 1. The van der Waals surface area contributed by atoms with E-state index in [2.05, 4.69) is 26.0 Å². The van der Waals surface area contributed by atoms with Gasteiger partial charge >= 0.3 is 0 Å². The Balaban J connectivity index is 1.88. The molecule has 0 fully saturated rings. The maximum absolute atomic E-state index is 6.16. The smallest absolute Gasteiger partial charge is 0.218 e. The van der Waals surface area contributed by atoms with E-state index in [-0.39, 0.29) is 0 Å². The van der Waals surface area contributed by atoms with Crippen LogP contribution in [0, 0.1) is 0 Å². The molecule has 120 valence electrons. The van der Waals surface area contributed by atoms with Crippen molar-refractivity contribution in [2.75, 3.05) is 12.8 Å². The number of nitrogens with zero attached hydrogens (tertiary/aromatic N) is 3. The van der Waals surface area contributed by atoms with Crippen LogP contribution in [0.4, 0.5) is 5.82 Å². The average molecular weight is 385 g/mol. The maximum Gasteiger partial charge on any atom is 0.218 e. The molecule has 0 radical (unpaired) electrons. The minimum absolute atomic E-state index is 0.476. The Bertz CT molecular complexity index is 1040. The number of ether oxygens (including phenoxy) is 1. The molecule has 4 aromatic rings. The number of halogens is 1. The number of benzene rings is 1. The Labute approximate surface area is 146 Å². The molecule has 24 heavy (non-hydrogen) atoms. The second kappa shape index (κ2) is 5.68. The highest BCUT2D eigenvalue weighted by Gasteiger charge is 2.14. The third-order valence-corrected chi connectivity index (χ3v) is 4.10. The summed E-state index contributed by atoms with van der Waals surface area (Å²) in [6.45, 7) is 0. The van der Waals surface area contributed by atoms with Crippen LogP contribution >= 0.6 is 15.9 Å². The van der Waals surface area contributed by atoms with Gasteiger partial charge in [-0.2, -0.15) is 4.52 Å². The van der Waals surface area contributed by atoms with Gasteiger partial charge in [-0.25, -0.2) is 4.98 Å². The molecule has 0 aliphatic carbocycles. The molecule has 0 saturated carbocycles. The molecule has 4 rings (SSSR count). The maximum atomic E-state index is 6.16. The van der Waals surface area contributed by atoms with Crippen LogP contribution in [0.25, 0.3) is 28.4 Å². The standard InChI is InChI=1S/C17H13BrN4O2/c1-23-12-5-3-2-4-11(12)10-8-15(19)22-16(9-10)20-17(21-22)13-6-7-14(18)24-13/h2-9H,19H2,1H3. The summed E-state index contributed by atoms with van der Waals surface area (Å²) in [5.74, 6) is 2.31. The molecular weight excluding hydrogens is 372 g/mol. The lowest BCUT2D eigenvalue weighted by atomic mass is 10.1. The van der Waals surface area contributed by atoms with Gasteiger partial charge in [-0.05, 0) is 51.8 Å². The van der Waals surface area contributed by atoms with Crippen molar-refractivity contribution in [1.29, 1.82) is 0 Å². The van der Waals surface area contributed by atoms with Crippen LogP contribution in [0.5, 0.6) is 5.75 Å². The second-order valence-electron chi connectivity index (χ2n) is 5.18. The lowest BCUT2D eigenvalue weighted by Crippen LogP contribution is -1.99. The molecule has 6 nitrogen and oxygen atoms in total. The number of pyridine rings is 1. The van der Waals surface area contributed by atoms with Crippen molar-refractivity contribution in [1.82, 2.24) is 14.6 Å². The molecule has 0 amide bonds. The summed E-state index contributed by atoms with van der Waals surface area (Å²) in [7, 11) is 1.64. The van der Waals surface area contributed by atoms with E-state index >= 15 is 0 Å². The summed E-state index contributed by atoms with van der Waals surface area (Å²) >= 11 is 3.28. The van der Waals surface area contributed by atoms with E-state index in [1.807, 2.05) is 36.4 Å². The van der Waals surface area contributed by atoms with E-state index in [0.29, 0.717) is 27.7 Å². The minimum Gasteiger partial charge on any atom is -0.496 e. The normalized spacial score (nSPS) is 11.1. The molecule has 2 N–H and O–H groups in total. The molecule has 1 aromatic carbocycles. The summed E-state index contributed by atoms with van der Waals surface area (Å²) in [6, 6.07) is 15.1. The Morgan fingerprint density at radius 1 is 1.17 bits per heavy atom. The number of nitrogen functional groups attached to an aromatic ring is 1. The number of rotatable bonds is 3. The zero-order chi connectivity index (χ0) is 16.7. The van der Waals surface area contributed by atoms with Gasteiger partial charge in [0.1, 0.15) is 11.6 Å². The number of hydrogen-bond acceptors (Lipinski definition) is 5. The number of furan rings is 1. The van der Waals surface area contributed by atoms with Crippen molar-refractivity contribution < 1.29 is 9.15 Å². The first-order valence-electron chi connectivity index (χ1n) is 7.21. The van der Waals surface area contributed by atoms with Gasteiger partial charge in [-0.3, -0.25) is 0 Å². The summed E-state index contributed by atoms with van der Waals surface area (Å²) < 4.78 is 13.1. The molecule has 0 bridgehead atoms. The van der Waals surface area contributed by atoms with Gasteiger partial charge in [0.15, 0.2) is 16.1 Å². The van der Waals surface area contributed by atoms with Gasteiger partial charge in [0.25, 0.3) is 0 Å². The SMILES string of the molecule is COc1ccccc1-c1cc(N)n2nc(-c3ccc(Br)o3)nc2c1. The summed E-state index contributed by atoms with van der Waals surface area (Å²) in [5.41, 5.74) is 8.66. The number of para-hydroxylation sites is 1. The van der Waals surface area contributed by atoms with E-state index < -0.39 is 0 Å². The van der Waals surface area contributed by atoms with Crippen molar-refractivity contribution in [2.45, 2.75) is 0 Å². The molecule has 3 heterocycles. The van der Waals surface area contributed by atoms with Crippen molar-refractivity contribution in [3.8, 4) is 28.5 Å². The predicted octanol–water partition coefficient (Wildman–Crippen LogP) is 4.01. The van der Waals surface area contributed by atoms with Crippen molar-refractivity contribution in [2.24, 2.45) is 0 Å². The first-order valence-corrected chi connectivity index (χ1v) is 8.00. The van der Waals surface area contributed by atoms with Crippen LogP contribution in [0.2, 0.25) is 0 Å². The van der Waals surface area contributed by atoms with Crippen molar-refractivity contribution in [3.05, 3.63) is 53.2 Å². The highest BCUT2D eigenvalue weighted by molar-refractivity contribution is 9.10. The molecule has 3 aromatic heterocycles. The quantitative estimate of drug-likeness (QED) is 0.577. The van der Waals surface area contributed by atoms with E-state index in [9.17, 15) is 0 Å². The minimum atomic E-state index is 0.476. The predicted molar refractivity (Wildman–Crippen MR) is 94.8 cm³/mol. The Morgan fingerprint density at radius 2 is 2.00 bits per heavy atom. The fourth-order valence-corrected chi connectivity index (χ4v) is 2.89. The Morgan fingerprint density at radius 3 is 2.75 bits per heavy atom. The summed E-state index contributed by atoms with van der Waals surface area (Å²) in [5, 5.41) is 4.41. The molecule has 0 aliphatic rings. The first-order chi connectivity index (χ1) is 11.7. The Kier molecular flexibility index (Phi) is 3.50. The van der Waals surface area contributed by atoms with E-state index in [0.717, 1.165) is 16.9 Å². The van der Waals surface area contributed by atoms with Crippen molar-refractivity contribution >= 4 is 27.4 Å². The van der Waals surface area contributed by atoms with Crippen LogP contribution in [0.3, 0.4) is 0 Å².